The van der Waals surface area contributed by atoms with Gasteiger partial charge in [-0.2, -0.15) is 0 Å². The fourth-order valence-electron chi connectivity index (χ4n) is 3.09. The Bertz CT molecular complexity index is 414. The van der Waals surface area contributed by atoms with Crippen LogP contribution in [-0.4, -0.2) is 11.7 Å². The van der Waals surface area contributed by atoms with Gasteiger partial charge in [0, 0.05) is 0 Å². The zero-order chi connectivity index (χ0) is 14.9. The van der Waals surface area contributed by atoms with Crippen LogP contribution in [0.15, 0.2) is 18.2 Å². The van der Waals surface area contributed by atoms with E-state index in [2.05, 4.69) is 19.1 Å². The minimum absolute atomic E-state index is 0.295. The monoisotopic (exact) mass is 290 g/mol. The molecule has 2 rings (SSSR count). The largest absolute Gasteiger partial charge is 0.494 e. The van der Waals surface area contributed by atoms with E-state index in [0.717, 1.165) is 43.6 Å². The van der Waals surface area contributed by atoms with Gasteiger partial charge in [-0.05, 0) is 48.9 Å². The van der Waals surface area contributed by atoms with Gasteiger partial charge in [-0.1, -0.05) is 51.5 Å². The molecular weight excluding hydrogens is 260 g/mol. The molecule has 0 saturated carbocycles. The molecule has 1 N–H and O–H groups in total. The summed E-state index contributed by atoms with van der Waals surface area (Å²) < 4.78 is 5.84. The van der Waals surface area contributed by atoms with Crippen molar-refractivity contribution in [2.24, 2.45) is 0 Å². The predicted octanol–water partition coefficient (Wildman–Crippen LogP) is 5.19. The van der Waals surface area contributed by atoms with Gasteiger partial charge in [-0.3, -0.25) is 0 Å². The number of hydrogen-bond donors (Lipinski definition) is 1. The fourth-order valence-corrected chi connectivity index (χ4v) is 3.09. The standard InChI is InChI=1S/C19H30O2/c1-2-3-4-5-6-7-8-14-21-17-13-12-16-10-9-11-19(20)18(16)15-17/h12-13,15,19-20H,2-11,14H2,1H3/t19-/m0/s1. The average Bonchev–Trinajstić information content (AvgIpc) is 2.51. The van der Waals surface area contributed by atoms with Gasteiger partial charge in [-0.25, -0.2) is 0 Å². The molecule has 0 unspecified atom stereocenters. The molecule has 1 aromatic rings. The molecule has 1 aromatic carbocycles. The molecule has 21 heavy (non-hydrogen) atoms. The zero-order valence-corrected chi connectivity index (χ0v) is 13.4. The molecule has 0 bridgehead atoms. The maximum absolute atomic E-state index is 10.0. The Morgan fingerprint density at radius 3 is 2.67 bits per heavy atom. The Morgan fingerprint density at radius 2 is 1.86 bits per heavy atom. The lowest BCUT2D eigenvalue weighted by Gasteiger charge is -2.22. The first-order chi connectivity index (χ1) is 10.3. The predicted molar refractivity (Wildman–Crippen MR) is 87.8 cm³/mol. The Balaban J connectivity index is 1.66. The highest BCUT2D eigenvalue weighted by molar-refractivity contribution is 5.38. The zero-order valence-electron chi connectivity index (χ0n) is 13.4. The maximum Gasteiger partial charge on any atom is 0.119 e. The molecule has 0 fully saturated rings. The smallest absolute Gasteiger partial charge is 0.119 e. The topological polar surface area (TPSA) is 29.5 Å². The van der Waals surface area contributed by atoms with E-state index in [1.54, 1.807) is 0 Å². The molecule has 2 nitrogen and oxygen atoms in total. The first-order valence-corrected chi connectivity index (χ1v) is 8.75. The van der Waals surface area contributed by atoms with E-state index in [4.69, 9.17) is 4.74 Å². The SMILES string of the molecule is CCCCCCCCCOc1ccc2c(c1)[C@@H](O)CCC2. The molecule has 0 radical (unpaired) electrons. The number of aliphatic hydroxyl groups is 1. The minimum Gasteiger partial charge on any atom is -0.494 e. The van der Waals surface area contributed by atoms with E-state index in [0.29, 0.717) is 0 Å². The number of unbranched alkanes of at least 4 members (excludes halogenated alkanes) is 6. The van der Waals surface area contributed by atoms with E-state index in [-0.39, 0.29) is 6.10 Å². The van der Waals surface area contributed by atoms with Gasteiger partial charge < -0.3 is 9.84 Å². The van der Waals surface area contributed by atoms with Crippen LogP contribution in [0.5, 0.6) is 5.75 Å². The number of rotatable bonds is 9. The molecule has 0 spiro atoms. The molecule has 1 aliphatic carbocycles. The lowest BCUT2D eigenvalue weighted by Crippen LogP contribution is -2.09. The van der Waals surface area contributed by atoms with Crippen LogP contribution in [0, 0.1) is 0 Å². The summed E-state index contributed by atoms with van der Waals surface area (Å²) in [7, 11) is 0. The second-order valence-corrected chi connectivity index (χ2v) is 6.24. The normalized spacial score (nSPS) is 17.5. The molecule has 0 aromatic heterocycles. The van der Waals surface area contributed by atoms with Crippen molar-refractivity contribution in [3.8, 4) is 5.75 Å². The van der Waals surface area contributed by atoms with Crippen LogP contribution < -0.4 is 4.74 Å². The van der Waals surface area contributed by atoms with Gasteiger partial charge >= 0.3 is 0 Å². The number of hydrogen-bond acceptors (Lipinski definition) is 2. The Labute approximate surface area is 129 Å². The summed E-state index contributed by atoms with van der Waals surface area (Å²) in [5.41, 5.74) is 2.37. The molecule has 1 aliphatic rings. The van der Waals surface area contributed by atoms with E-state index in [9.17, 15) is 5.11 Å². The van der Waals surface area contributed by atoms with Gasteiger partial charge in [0.25, 0.3) is 0 Å². The lowest BCUT2D eigenvalue weighted by atomic mass is 9.89. The first-order valence-electron chi connectivity index (χ1n) is 8.75. The molecule has 0 aliphatic heterocycles. The number of fused-ring (bicyclic) bond motifs is 1. The minimum atomic E-state index is -0.295. The average molecular weight is 290 g/mol. The Hall–Kier alpha value is -1.02. The summed E-state index contributed by atoms with van der Waals surface area (Å²) in [6.07, 6.45) is 11.9. The van der Waals surface area contributed by atoms with Crippen LogP contribution in [0.25, 0.3) is 0 Å². The lowest BCUT2D eigenvalue weighted by molar-refractivity contribution is 0.156. The maximum atomic E-state index is 10.0. The molecule has 0 amide bonds. The van der Waals surface area contributed by atoms with Crippen molar-refractivity contribution in [3.63, 3.8) is 0 Å². The van der Waals surface area contributed by atoms with Crippen LogP contribution in [0.3, 0.4) is 0 Å². The van der Waals surface area contributed by atoms with Crippen molar-refractivity contribution < 1.29 is 9.84 Å². The number of ether oxygens (including phenoxy) is 1. The van der Waals surface area contributed by atoms with E-state index >= 15 is 0 Å². The molecule has 0 saturated heterocycles. The molecule has 118 valence electrons. The third-order valence-corrected chi connectivity index (χ3v) is 4.42. The van der Waals surface area contributed by atoms with Crippen molar-refractivity contribution in [2.75, 3.05) is 6.61 Å². The van der Waals surface area contributed by atoms with Crippen LogP contribution in [0.2, 0.25) is 0 Å². The Morgan fingerprint density at radius 1 is 1.10 bits per heavy atom. The molecule has 0 heterocycles. The van der Waals surface area contributed by atoms with Crippen molar-refractivity contribution in [1.82, 2.24) is 0 Å². The van der Waals surface area contributed by atoms with E-state index in [1.165, 1.54) is 44.1 Å². The second kappa shape index (κ2) is 9.09. The third-order valence-electron chi connectivity index (χ3n) is 4.42. The van der Waals surface area contributed by atoms with Crippen molar-refractivity contribution in [3.05, 3.63) is 29.3 Å². The molecule has 1 atom stereocenters. The Kier molecular flexibility index (Phi) is 7.08. The summed E-state index contributed by atoms with van der Waals surface area (Å²) >= 11 is 0. The highest BCUT2D eigenvalue weighted by atomic mass is 16.5. The van der Waals surface area contributed by atoms with Gasteiger partial charge in [0.05, 0.1) is 12.7 Å². The van der Waals surface area contributed by atoms with Crippen molar-refractivity contribution >= 4 is 0 Å². The van der Waals surface area contributed by atoms with Crippen LogP contribution in [0.1, 0.15) is 81.9 Å². The summed E-state index contributed by atoms with van der Waals surface area (Å²) in [6, 6.07) is 6.22. The highest BCUT2D eigenvalue weighted by Gasteiger charge is 2.18. The first kappa shape index (κ1) is 16.4. The van der Waals surface area contributed by atoms with Gasteiger partial charge in [0.15, 0.2) is 0 Å². The van der Waals surface area contributed by atoms with Gasteiger partial charge in [0.1, 0.15) is 5.75 Å². The fraction of sp³-hybridized carbons (Fsp3) is 0.684. The van der Waals surface area contributed by atoms with Crippen LogP contribution >= 0.6 is 0 Å². The van der Waals surface area contributed by atoms with Gasteiger partial charge in [0.2, 0.25) is 0 Å². The molecule has 2 heteroatoms. The van der Waals surface area contributed by atoms with Gasteiger partial charge in [-0.15, -0.1) is 0 Å². The van der Waals surface area contributed by atoms with E-state index in [1.807, 2.05) is 6.07 Å². The summed E-state index contributed by atoms with van der Waals surface area (Å²) in [5.74, 6) is 0.917. The van der Waals surface area contributed by atoms with Crippen LogP contribution in [0.4, 0.5) is 0 Å². The van der Waals surface area contributed by atoms with E-state index < -0.39 is 0 Å². The molecular formula is C19H30O2. The third kappa shape index (κ3) is 5.35. The number of aliphatic hydroxyl groups excluding tert-OH is 1. The number of aryl methyl sites for hydroxylation is 1. The second-order valence-electron chi connectivity index (χ2n) is 6.24. The van der Waals surface area contributed by atoms with Crippen molar-refractivity contribution in [1.29, 1.82) is 0 Å². The number of benzene rings is 1. The van der Waals surface area contributed by atoms with Crippen LogP contribution in [-0.2, 0) is 6.42 Å². The quantitative estimate of drug-likeness (QED) is 0.634. The summed E-state index contributed by atoms with van der Waals surface area (Å²) in [4.78, 5) is 0. The summed E-state index contributed by atoms with van der Waals surface area (Å²) in [6.45, 7) is 3.05. The van der Waals surface area contributed by atoms with Crippen molar-refractivity contribution in [2.45, 2.75) is 77.2 Å². The highest BCUT2D eigenvalue weighted by Crippen LogP contribution is 2.32. The summed E-state index contributed by atoms with van der Waals surface area (Å²) in [5, 5.41) is 10.0.